The molecule has 0 aliphatic heterocycles. The first kappa shape index (κ1) is 24.9. The fraction of sp³-hybridized carbons (Fsp3) is 0.222. The van der Waals surface area contributed by atoms with Crippen LogP contribution < -0.4 is 15.9 Å². The summed E-state index contributed by atoms with van der Waals surface area (Å²) in [6, 6.07) is 30.5. The second-order valence-corrected chi connectivity index (χ2v) is 11.6. The second kappa shape index (κ2) is 12.5. The summed E-state index contributed by atoms with van der Waals surface area (Å²) < 4.78 is 10.7. The fourth-order valence-electron chi connectivity index (χ4n) is 3.88. The first-order chi connectivity index (χ1) is 16.1. The molecule has 4 nitrogen and oxygen atoms in total. The average Bonchev–Trinajstić information content (AvgIpc) is 2.86. The summed E-state index contributed by atoms with van der Waals surface area (Å²) >= 11 is 1.09. The normalized spacial score (nSPS) is 11.0. The molecule has 0 bridgehead atoms. The molecule has 0 aliphatic rings. The van der Waals surface area contributed by atoms with Crippen molar-refractivity contribution in [1.29, 1.82) is 0 Å². The molecule has 33 heavy (non-hydrogen) atoms. The lowest BCUT2D eigenvalue weighted by Crippen LogP contribution is -2.34. The third-order valence-corrected chi connectivity index (χ3v) is 10.4. The standard InChI is InChI=1S/C27H29O4PS/c1-3-30-26(28)25(20-21-33-27(29)31-4-2)32(22-14-8-5-9-15-22,23-16-10-6-11-17-23)24-18-12-7-13-19-24/h5-19H,3-4,20-21H2,1-2H3. The summed E-state index contributed by atoms with van der Waals surface area (Å²) in [6.45, 7) is 1.66. The Morgan fingerprint density at radius 1 is 0.697 bits per heavy atom. The van der Waals surface area contributed by atoms with E-state index in [9.17, 15) is 9.59 Å². The molecule has 0 aromatic heterocycles. The zero-order valence-electron chi connectivity index (χ0n) is 19.0. The maximum Gasteiger partial charge on any atom is 0.367 e. The zero-order valence-corrected chi connectivity index (χ0v) is 20.7. The molecule has 0 spiro atoms. The van der Waals surface area contributed by atoms with E-state index in [1.807, 2.05) is 61.5 Å². The van der Waals surface area contributed by atoms with Gasteiger partial charge in [0.15, 0.2) is 0 Å². The molecule has 0 amide bonds. The highest BCUT2D eigenvalue weighted by molar-refractivity contribution is 8.13. The van der Waals surface area contributed by atoms with Crippen molar-refractivity contribution in [3.05, 3.63) is 91.0 Å². The lowest BCUT2D eigenvalue weighted by atomic mass is 10.3. The molecule has 0 radical (unpaired) electrons. The molecule has 3 rings (SSSR count). The van der Waals surface area contributed by atoms with Gasteiger partial charge in [0.05, 0.1) is 13.2 Å². The molecule has 0 unspecified atom stereocenters. The van der Waals surface area contributed by atoms with E-state index in [1.54, 1.807) is 6.92 Å². The lowest BCUT2D eigenvalue weighted by molar-refractivity contribution is -0.134. The van der Waals surface area contributed by atoms with Crippen LogP contribution in [0, 0.1) is 0 Å². The predicted molar refractivity (Wildman–Crippen MR) is 141 cm³/mol. The molecule has 0 atom stereocenters. The number of benzene rings is 3. The predicted octanol–water partition coefficient (Wildman–Crippen LogP) is 5.00. The Morgan fingerprint density at radius 3 is 1.52 bits per heavy atom. The van der Waals surface area contributed by atoms with Gasteiger partial charge in [0.25, 0.3) is 0 Å². The number of thioether (sulfide) groups is 1. The molecule has 0 saturated heterocycles. The lowest BCUT2D eigenvalue weighted by Gasteiger charge is -2.32. The molecule has 3 aromatic rings. The molecule has 0 aliphatic carbocycles. The summed E-state index contributed by atoms with van der Waals surface area (Å²) in [5.41, 5.74) is 0. The van der Waals surface area contributed by atoms with Crippen molar-refractivity contribution < 1.29 is 19.1 Å². The maximum atomic E-state index is 13.6. The van der Waals surface area contributed by atoms with E-state index in [2.05, 4.69) is 36.4 Å². The third-order valence-electron chi connectivity index (χ3n) is 5.17. The summed E-state index contributed by atoms with van der Waals surface area (Å²) in [5.74, 6) is 0.119. The monoisotopic (exact) mass is 480 g/mol. The molecule has 0 heterocycles. The van der Waals surface area contributed by atoms with E-state index in [1.165, 1.54) is 0 Å². The fourth-order valence-corrected chi connectivity index (χ4v) is 9.18. The van der Waals surface area contributed by atoms with Crippen LogP contribution >= 0.6 is 18.6 Å². The maximum absolute atomic E-state index is 13.6. The number of hydrogen-bond acceptors (Lipinski definition) is 5. The number of carbonyl (C=O) groups excluding carboxylic acids is 2. The number of rotatable bonds is 9. The van der Waals surface area contributed by atoms with Crippen molar-refractivity contribution in [1.82, 2.24) is 0 Å². The molecule has 0 saturated carbocycles. The summed E-state index contributed by atoms with van der Waals surface area (Å²) in [6.07, 6.45) is 0.411. The summed E-state index contributed by atoms with van der Waals surface area (Å²) in [5, 5.41) is 3.60. The Kier molecular flexibility index (Phi) is 9.41. The van der Waals surface area contributed by atoms with Gasteiger partial charge in [-0.1, -0.05) is 91.0 Å². The van der Waals surface area contributed by atoms with Crippen LogP contribution in [0.1, 0.15) is 20.3 Å². The minimum Gasteiger partial charge on any atom is -0.463 e. The molecular weight excluding hydrogens is 451 g/mol. The number of carbonyl (C=O) groups is 2. The largest absolute Gasteiger partial charge is 0.463 e. The topological polar surface area (TPSA) is 52.6 Å². The van der Waals surface area contributed by atoms with Crippen LogP contribution in [0.5, 0.6) is 0 Å². The van der Waals surface area contributed by atoms with Crippen LogP contribution in [0.25, 0.3) is 0 Å². The van der Waals surface area contributed by atoms with Gasteiger partial charge < -0.3 is 9.47 Å². The van der Waals surface area contributed by atoms with Crippen LogP contribution in [0.15, 0.2) is 91.0 Å². The van der Waals surface area contributed by atoms with Crippen molar-refractivity contribution in [3.63, 3.8) is 0 Å². The molecule has 3 aromatic carbocycles. The molecule has 6 heteroatoms. The van der Waals surface area contributed by atoms with Gasteiger partial charge in [0.2, 0.25) is 0 Å². The van der Waals surface area contributed by atoms with Crippen molar-refractivity contribution >= 4 is 51.1 Å². The van der Waals surface area contributed by atoms with Gasteiger partial charge in [-0.25, -0.2) is 9.59 Å². The van der Waals surface area contributed by atoms with Crippen LogP contribution in [0.4, 0.5) is 4.79 Å². The van der Waals surface area contributed by atoms with E-state index in [0.29, 0.717) is 24.1 Å². The van der Waals surface area contributed by atoms with Crippen molar-refractivity contribution in [2.45, 2.75) is 20.3 Å². The van der Waals surface area contributed by atoms with Gasteiger partial charge in [-0.15, -0.1) is 0 Å². The highest BCUT2D eigenvalue weighted by Crippen LogP contribution is 2.47. The molecule has 172 valence electrons. The Morgan fingerprint density at radius 2 is 1.12 bits per heavy atom. The number of hydrogen-bond donors (Lipinski definition) is 0. The summed E-state index contributed by atoms with van der Waals surface area (Å²) in [7, 11) is 0. The van der Waals surface area contributed by atoms with Gasteiger partial charge in [0, 0.05) is 11.0 Å². The van der Waals surface area contributed by atoms with Crippen LogP contribution in [0.2, 0.25) is 0 Å². The zero-order chi connectivity index (χ0) is 23.5. The third kappa shape index (κ3) is 5.79. The van der Waals surface area contributed by atoms with Gasteiger partial charge in [-0.05, 0) is 54.8 Å². The van der Waals surface area contributed by atoms with Gasteiger partial charge in [-0.3, -0.25) is 0 Å². The summed E-state index contributed by atoms with van der Waals surface area (Å²) in [4.78, 5) is 25.6. The number of esters is 1. The van der Waals surface area contributed by atoms with Gasteiger partial charge >= 0.3 is 11.3 Å². The quantitative estimate of drug-likeness (QED) is 0.319. The smallest absolute Gasteiger partial charge is 0.367 e. The highest BCUT2D eigenvalue weighted by atomic mass is 32.2. The van der Waals surface area contributed by atoms with Crippen LogP contribution in [-0.4, -0.2) is 35.5 Å². The van der Waals surface area contributed by atoms with E-state index < -0.39 is 6.89 Å². The van der Waals surface area contributed by atoms with Crippen LogP contribution in [-0.2, 0) is 14.3 Å². The van der Waals surface area contributed by atoms with Gasteiger partial charge in [0.1, 0.15) is 0 Å². The first-order valence-electron chi connectivity index (χ1n) is 11.0. The van der Waals surface area contributed by atoms with E-state index in [4.69, 9.17) is 9.47 Å². The van der Waals surface area contributed by atoms with E-state index in [-0.39, 0.29) is 17.9 Å². The van der Waals surface area contributed by atoms with Gasteiger partial charge in [-0.2, -0.15) is 0 Å². The average molecular weight is 481 g/mol. The second-order valence-electron chi connectivity index (χ2n) is 7.13. The Bertz CT molecular complexity index is 995. The molecular formula is C27H29O4PS. The minimum absolute atomic E-state index is 0.283. The minimum atomic E-state index is -2.55. The van der Waals surface area contributed by atoms with E-state index >= 15 is 0 Å². The number of ether oxygens (including phenoxy) is 2. The Labute approximate surface area is 200 Å². The van der Waals surface area contributed by atoms with Crippen LogP contribution in [0.3, 0.4) is 0 Å². The molecule has 0 N–H and O–H groups in total. The van der Waals surface area contributed by atoms with Crippen molar-refractivity contribution in [3.8, 4) is 0 Å². The highest BCUT2D eigenvalue weighted by Gasteiger charge is 2.33. The Hall–Kier alpha value is -2.75. The van der Waals surface area contributed by atoms with Crippen molar-refractivity contribution in [2.75, 3.05) is 19.0 Å². The van der Waals surface area contributed by atoms with Crippen molar-refractivity contribution in [2.24, 2.45) is 0 Å². The Balaban J connectivity index is 2.35. The SMILES string of the molecule is CCOC(=O)SCCC(C(=O)OCC)=P(c1ccccc1)(c1ccccc1)c1ccccc1. The van der Waals surface area contributed by atoms with E-state index in [0.717, 1.165) is 27.7 Å². The first-order valence-corrected chi connectivity index (χ1v) is 13.8. The molecule has 0 fully saturated rings.